The third-order valence-electron chi connectivity index (χ3n) is 4.72. The van der Waals surface area contributed by atoms with E-state index in [4.69, 9.17) is 4.74 Å². The molecule has 1 saturated carbocycles. The van der Waals surface area contributed by atoms with Crippen molar-refractivity contribution in [1.29, 1.82) is 0 Å². The molecular formula is C16H31NO. The average Bonchev–Trinajstić information content (AvgIpc) is 2.75. The van der Waals surface area contributed by atoms with Crippen molar-refractivity contribution < 1.29 is 4.74 Å². The second kappa shape index (κ2) is 6.38. The molecule has 0 aromatic carbocycles. The molecule has 2 nitrogen and oxygen atoms in total. The van der Waals surface area contributed by atoms with Crippen molar-refractivity contribution in [2.75, 3.05) is 13.2 Å². The standard InChI is InChI=1S/C16H31NO/c1-13(2)17-12-14(3)10-15-6-9-18-16(11-15)7-4-5-8-16/h13-15,17H,4-12H2,1-3H3. The minimum atomic E-state index is 0.300. The van der Waals surface area contributed by atoms with E-state index in [1.54, 1.807) is 0 Å². The highest BCUT2D eigenvalue weighted by Gasteiger charge is 2.39. The van der Waals surface area contributed by atoms with Crippen LogP contribution in [0.4, 0.5) is 0 Å². The summed E-state index contributed by atoms with van der Waals surface area (Å²) in [6.07, 6.45) is 9.41. The average molecular weight is 253 g/mol. The zero-order chi connectivity index (χ0) is 13.0. The molecule has 1 N–H and O–H groups in total. The van der Waals surface area contributed by atoms with Crippen LogP contribution in [0, 0.1) is 11.8 Å². The Morgan fingerprint density at radius 2 is 1.94 bits per heavy atom. The fourth-order valence-electron chi connectivity index (χ4n) is 3.79. The Hall–Kier alpha value is -0.0800. The van der Waals surface area contributed by atoms with Crippen molar-refractivity contribution >= 4 is 0 Å². The summed E-state index contributed by atoms with van der Waals surface area (Å²) in [7, 11) is 0. The van der Waals surface area contributed by atoms with E-state index in [9.17, 15) is 0 Å². The van der Waals surface area contributed by atoms with Gasteiger partial charge in [-0.1, -0.05) is 33.6 Å². The van der Waals surface area contributed by atoms with E-state index < -0.39 is 0 Å². The summed E-state index contributed by atoms with van der Waals surface area (Å²) in [6.45, 7) is 9.03. The van der Waals surface area contributed by atoms with Gasteiger partial charge in [-0.25, -0.2) is 0 Å². The van der Waals surface area contributed by atoms with Gasteiger partial charge in [-0.15, -0.1) is 0 Å². The van der Waals surface area contributed by atoms with Crippen molar-refractivity contribution in [1.82, 2.24) is 5.32 Å². The van der Waals surface area contributed by atoms with Crippen LogP contribution in [0.5, 0.6) is 0 Å². The fraction of sp³-hybridized carbons (Fsp3) is 1.00. The zero-order valence-electron chi connectivity index (χ0n) is 12.5. The van der Waals surface area contributed by atoms with Crippen molar-refractivity contribution in [2.45, 2.75) is 77.4 Å². The minimum Gasteiger partial charge on any atom is -0.375 e. The van der Waals surface area contributed by atoms with Crippen LogP contribution in [0.25, 0.3) is 0 Å². The van der Waals surface area contributed by atoms with Gasteiger partial charge in [-0.05, 0) is 50.5 Å². The van der Waals surface area contributed by atoms with Gasteiger partial charge in [-0.2, -0.15) is 0 Å². The van der Waals surface area contributed by atoms with Crippen LogP contribution < -0.4 is 5.32 Å². The van der Waals surface area contributed by atoms with Gasteiger partial charge >= 0.3 is 0 Å². The molecule has 106 valence electrons. The molecule has 1 heterocycles. The fourth-order valence-corrected chi connectivity index (χ4v) is 3.79. The molecule has 2 unspecified atom stereocenters. The Kier molecular flexibility index (Phi) is 5.08. The van der Waals surface area contributed by atoms with E-state index in [1.165, 1.54) is 51.5 Å². The summed E-state index contributed by atoms with van der Waals surface area (Å²) in [5.41, 5.74) is 0.300. The van der Waals surface area contributed by atoms with Crippen molar-refractivity contribution in [3.63, 3.8) is 0 Å². The lowest BCUT2D eigenvalue weighted by Crippen LogP contribution is -2.38. The molecule has 2 rings (SSSR count). The van der Waals surface area contributed by atoms with E-state index in [0.717, 1.165) is 18.4 Å². The van der Waals surface area contributed by atoms with Crippen LogP contribution in [0.3, 0.4) is 0 Å². The first-order valence-corrected chi connectivity index (χ1v) is 7.97. The Balaban J connectivity index is 1.75. The summed E-state index contributed by atoms with van der Waals surface area (Å²) in [4.78, 5) is 0. The maximum Gasteiger partial charge on any atom is 0.0685 e. The molecule has 2 aliphatic rings. The topological polar surface area (TPSA) is 21.3 Å². The monoisotopic (exact) mass is 253 g/mol. The Bertz CT molecular complexity index is 245. The molecule has 0 aromatic rings. The van der Waals surface area contributed by atoms with Crippen LogP contribution >= 0.6 is 0 Å². The van der Waals surface area contributed by atoms with Gasteiger partial charge in [0.15, 0.2) is 0 Å². The van der Waals surface area contributed by atoms with Crippen LogP contribution in [-0.2, 0) is 4.74 Å². The van der Waals surface area contributed by atoms with Crippen LogP contribution in [-0.4, -0.2) is 24.8 Å². The van der Waals surface area contributed by atoms with Crippen molar-refractivity contribution in [3.8, 4) is 0 Å². The molecule has 1 saturated heterocycles. The molecular weight excluding hydrogens is 222 g/mol. The Morgan fingerprint density at radius 1 is 1.22 bits per heavy atom. The van der Waals surface area contributed by atoms with E-state index >= 15 is 0 Å². The second-order valence-corrected chi connectivity index (χ2v) is 7.00. The van der Waals surface area contributed by atoms with Gasteiger partial charge in [0.2, 0.25) is 0 Å². The highest BCUT2D eigenvalue weighted by Crippen LogP contribution is 2.43. The Labute approximate surface area is 113 Å². The molecule has 2 atom stereocenters. The molecule has 2 heteroatoms. The SMILES string of the molecule is CC(CNC(C)C)CC1CCOC2(CCCC2)C1. The lowest BCUT2D eigenvalue weighted by atomic mass is 9.80. The molecule has 0 radical (unpaired) electrons. The summed E-state index contributed by atoms with van der Waals surface area (Å²) >= 11 is 0. The van der Waals surface area contributed by atoms with E-state index in [1.807, 2.05) is 0 Å². The summed E-state index contributed by atoms with van der Waals surface area (Å²) < 4.78 is 6.12. The normalized spacial score (nSPS) is 29.0. The number of nitrogens with one attached hydrogen (secondary N) is 1. The van der Waals surface area contributed by atoms with Gasteiger partial charge in [0, 0.05) is 12.6 Å². The number of rotatable bonds is 5. The van der Waals surface area contributed by atoms with E-state index in [2.05, 4.69) is 26.1 Å². The molecule has 1 aliphatic carbocycles. The highest BCUT2D eigenvalue weighted by atomic mass is 16.5. The highest BCUT2D eigenvalue weighted by molar-refractivity contribution is 4.91. The van der Waals surface area contributed by atoms with Crippen molar-refractivity contribution in [3.05, 3.63) is 0 Å². The maximum atomic E-state index is 6.12. The molecule has 1 spiro atoms. The molecule has 0 aromatic heterocycles. The molecule has 0 amide bonds. The lowest BCUT2D eigenvalue weighted by molar-refractivity contribution is -0.0953. The third-order valence-corrected chi connectivity index (χ3v) is 4.72. The number of ether oxygens (including phenoxy) is 1. The van der Waals surface area contributed by atoms with Gasteiger partial charge in [0.05, 0.1) is 5.60 Å². The first-order valence-electron chi connectivity index (χ1n) is 7.97. The van der Waals surface area contributed by atoms with Crippen LogP contribution in [0.2, 0.25) is 0 Å². The van der Waals surface area contributed by atoms with E-state index in [0.29, 0.717) is 11.6 Å². The summed E-state index contributed by atoms with van der Waals surface area (Å²) in [5, 5.41) is 3.56. The largest absolute Gasteiger partial charge is 0.375 e. The molecule has 2 fully saturated rings. The predicted octanol–water partition coefficient (Wildman–Crippen LogP) is 3.75. The first kappa shape index (κ1) is 14.3. The first-order chi connectivity index (χ1) is 8.60. The summed E-state index contributed by atoms with van der Waals surface area (Å²) in [6, 6.07) is 0.614. The minimum absolute atomic E-state index is 0.300. The van der Waals surface area contributed by atoms with E-state index in [-0.39, 0.29) is 0 Å². The van der Waals surface area contributed by atoms with Crippen LogP contribution in [0.1, 0.15) is 65.7 Å². The van der Waals surface area contributed by atoms with Crippen LogP contribution in [0.15, 0.2) is 0 Å². The van der Waals surface area contributed by atoms with Gasteiger partial charge in [0.25, 0.3) is 0 Å². The summed E-state index contributed by atoms with van der Waals surface area (Å²) in [5.74, 6) is 1.70. The second-order valence-electron chi connectivity index (χ2n) is 7.00. The number of hydrogen-bond donors (Lipinski definition) is 1. The van der Waals surface area contributed by atoms with Gasteiger partial charge in [-0.3, -0.25) is 0 Å². The number of hydrogen-bond acceptors (Lipinski definition) is 2. The third kappa shape index (κ3) is 3.96. The lowest BCUT2D eigenvalue weighted by Gasteiger charge is -2.39. The smallest absolute Gasteiger partial charge is 0.0685 e. The van der Waals surface area contributed by atoms with Crippen molar-refractivity contribution in [2.24, 2.45) is 11.8 Å². The molecule has 0 bridgehead atoms. The Morgan fingerprint density at radius 3 is 2.61 bits per heavy atom. The zero-order valence-corrected chi connectivity index (χ0v) is 12.5. The van der Waals surface area contributed by atoms with Gasteiger partial charge in [0.1, 0.15) is 0 Å². The quantitative estimate of drug-likeness (QED) is 0.805. The maximum absolute atomic E-state index is 6.12. The van der Waals surface area contributed by atoms with Gasteiger partial charge < -0.3 is 10.1 Å². The predicted molar refractivity (Wildman–Crippen MR) is 76.8 cm³/mol. The molecule has 1 aliphatic heterocycles. The molecule has 18 heavy (non-hydrogen) atoms.